The third-order valence-corrected chi connectivity index (χ3v) is 3.21. The van der Waals surface area contributed by atoms with Gasteiger partial charge in [0.25, 0.3) is 0 Å². The van der Waals surface area contributed by atoms with Crippen LogP contribution in [-0.2, 0) is 9.59 Å². The van der Waals surface area contributed by atoms with Gasteiger partial charge in [0.1, 0.15) is 11.6 Å². The lowest BCUT2D eigenvalue weighted by atomic mass is 10.1. The highest BCUT2D eigenvalue weighted by Gasteiger charge is 2.04. The lowest BCUT2D eigenvalue weighted by molar-refractivity contribution is -0.120. The van der Waals surface area contributed by atoms with Crippen LogP contribution in [0.3, 0.4) is 0 Å². The van der Waals surface area contributed by atoms with Gasteiger partial charge in [0.05, 0.1) is 0 Å². The Hall–Kier alpha value is 0.300. The summed E-state index contributed by atoms with van der Waals surface area (Å²) in [6.07, 6.45) is 4.93. The summed E-state index contributed by atoms with van der Waals surface area (Å²) in [7, 11) is 0. The average molecular weight is 342 g/mol. The molecule has 0 aromatic heterocycles. The van der Waals surface area contributed by atoms with Crippen molar-refractivity contribution in [3.05, 3.63) is 0 Å². The number of ketones is 2. The van der Waals surface area contributed by atoms with Gasteiger partial charge in [0.15, 0.2) is 0 Å². The zero-order chi connectivity index (χ0) is 11.5. The molecule has 0 unspecified atom stereocenters. The summed E-state index contributed by atoms with van der Waals surface area (Å²) < 4.78 is 0. The van der Waals surface area contributed by atoms with Crippen molar-refractivity contribution >= 4 is 43.4 Å². The summed E-state index contributed by atoms with van der Waals surface area (Å²) in [6.45, 7) is 0. The number of Topliss-reactive ketones (excluding diaryl/α,β-unsaturated/α-hetero) is 2. The normalized spacial score (nSPS) is 10.3. The minimum atomic E-state index is 0.280. The van der Waals surface area contributed by atoms with E-state index in [1.807, 2.05) is 0 Å². The number of hydrogen-bond donors (Lipinski definition) is 0. The van der Waals surface area contributed by atoms with E-state index in [0.717, 1.165) is 29.9 Å². The van der Waals surface area contributed by atoms with Crippen LogP contribution in [-0.4, -0.2) is 22.2 Å². The molecule has 0 saturated carbocycles. The Morgan fingerprint density at radius 2 is 1.00 bits per heavy atom. The van der Waals surface area contributed by atoms with Gasteiger partial charge in [-0.15, -0.1) is 0 Å². The van der Waals surface area contributed by atoms with Gasteiger partial charge in [0, 0.05) is 36.3 Å². The van der Waals surface area contributed by atoms with Crippen LogP contribution in [0.2, 0.25) is 0 Å². The number of halogens is 2. The molecule has 0 heterocycles. The predicted molar refractivity (Wildman–Crippen MR) is 69.9 cm³/mol. The monoisotopic (exact) mass is 340 g/mol. The number of rotatable bonds is 10. The van der Waals surface area contributed by atoms with Gasteiger partial charge in [-0.2, -0.15) is 0 Å². The van der Waals surface area contributed by atoms with Crippen LogP contribution in [0.4, 0.5) is 0 Å². The second kappa shape index (κ2) is 10.8. The van der Waals surface area contributed by atoms with E-state index in [-0.39, 0.29) is 11.6 Å². The van der Waals surface area contributed by atoms with Gasteiger partial charge >= 0.3 is 0 Å². The van der Waals surface area contributed by atoms with E-state index in [0.29, 0.717) is 25.7 Å². The topological polar surface area (TPSA) is 34.1 Å². The molecular formula is C11H18Br2O2. The lowest BCUT2D eigenvalue weighted by Crippen LogP contribution is -2.02. The first kappa shape index (κ1) is 15.3. The summed E-state index contributed by atoms with van der Waals surface area (Å²) in [6, 6.07) is 0. The molecule has 0 spiro atoms. The van der Waals surface area contributed by atoms with Gasteiger partial charge in [-0.05, 0) is 19.3 Å². The molecule has 0 aliphatic rings. The maximum Gasteiger partial charge on any atom is 0.132 e. The number of hydrogen-bond acceptors (Lipinski definition) is 2. The molecule has 0 aromatic rings. The molecule has 4 heteroatoms. The predicted octanol–water partition coefficient (Wildman–Crippen LogP) is 3.65. The molecule has 0 N–H and O–H groups in total. The van der Waals surface area contributed by atoms with Crippen molar-refractivity contribution < 1.29 is 9.59 Å². The third-order valence-electron chi connectivity index (χ3n) is 2.09. The smallest absolute Gasteiger partial charge is 0.132 e. The number of carbonyl (C=O) groups excluding carboxylic acids is 2. The fourth-order valence-corrected chi connectivity index (χ4v) is 1.82. The van der Waals surface area contributed by atoms with Gasteiger partial charge in [0.2, 0.25) is 0 Å². The van der Waals surface area contributed by atoms with E-state index in [4.69, 9.17) is 0 Å². The summed E-state index contributed by atoms with van der Waals surface area (Å²) in [5.41, 5.74) is 0. The first-order valence-corrected chi connectivity index (χ1v) is 7.60. The Morgan fingerprint density at radius 1 is 0.667 bits per heavy atom. The highest BCUT2D eigenvalue weighted by Crippen LogP contribution is 2.06. The molecule has 0 rings (SSSR count). The van der Waals surface area contributed by atoms with Crippen molar-refractivity contribution in [2.24, 2.45) is 0 Å². The third kappa shape index (κ3) is 10.6. The van der Waals surface area contributed by atoms with Crippen LogP contribution in [0.15, 0.2) is 0 Å². The molecule has 0 aliphatic heterocycles. The quantitative estimate of drug-likeness (QED) is 0.568. The Balaban J connectivity index is 3.36. The van der Waals surface area contributed by atoms with E-state index < -0.39 is 0 Å². The van der Waals surface area contributed by atoms with Crippen molar-refractivity contribution in [1.29, 1.82) is 0 Å². The van der Waals surface area contributed by atoms with Crippen molar-refractivity contribution in [3.8, 4) is 0 Å². The fourth-order valence-electron chi connectivity index (χ4n) is 1.26. The van der Waals surface area contributed by atoms with Crippen molar-refractivity contribution in [1.82, 2.24) is 0 Å². The molecule has 88 valence electrons. The Kier molecular flexibility index (Phi) is 11.0. The van der Waals surface area contributed by atoms with Crippen LogP contribution in [0, 0.1) is 0 Å². The average Bonchev–Trinajstić information content (AvgIpc) is 2.23. The highest BCUT2D eigenvalue weighted by molar-refractivity contribution is 9.09. The van der Waals surface area contributed by atoms with E-state index in [1.165, 1.54) is 0 Å². The van der Waals surface area contributed by atoms with Gasteiger partial charge < -0.3 is 0 Å². The zero-order valence-electron chi connectivity index (χ0n) is 8.94. The maximum atomic E-state index is 11.3. The van der Waals surface area contributed by atoms with Gasteiger partial charge in [-0.25, -0.2) is 0 Å². The van der Waals surface area contributed by atoms with E-state index in [1.54, 1.807) is 0 Å². The number of alkyl halides is 2. The van der Waals surface area contributed by atoms with Crippen molar-refractivity contribution in [2.45, 2.75) is 44.9 Å². The second-order valence-electron chi connectivity index (χ2n) is 3.52. The fraction of sp³-hybridized carbons (Fsp3) is 0.818. The second-order valence-corrected chi connectivity index (χ2v) is 5.10. The largest absolute Gasteiger partial charge is 0.300 e. The zero-order valence-corrected chi connectivity index (χ0v) is 12.1. The molecule has 0 aromatic carbocycles. The van der Waals surface area contributed by atoms with E-state index in [9.17, 15) is 9.59 Å². The molecule has 0 radical (unpaired) electrons. The first-order chi connectivity index (χ1) is 7.20. The first-order valence-electron chi connectivity index (χ1n) is 5.36. The molecule has 2 nitrogen and oxygen atoms in total. The molecule has 0 bridgehead atoms. The lowest BCUT2D eigenvalue weighted by Gasteiger charge is -2.00. The van der Waals surface area contributed by atoms with Crippen LogP contribution < -0.4 is 0 Å². The summed E-state index contributed by atoms with van der Waals surface area (Å²) >= 11 is 6.57. The minimum absolute atomic E-state index is 0.280. The molecule has 0 fully saturated rings. The minimum Gasteiger partial charge on any atom is -0.300 e. The van der Waals surface area contributed by atoms with Crippen molar-refractivity contribution in [3.63, 3.8) is 0 Å². The summed E-state index contributed by atoms with van der Waals surface area (Å²) in [5.74, 6) is 0.561. The SMILES string of the molecule is O=C(CCCBr)CCCC(=O)CCCBr. The van der Waals surface area contributed by atoms with Crippen LogP contribution in [0.5, 0.6) is 0 Å². The van der Waals surface area contributed by atoms with Gasteiger partial charge in [-0.3, -0.25) is 9.59 Å². The van der Waals surface area contributed by atoms with E-state index >= 15 is 0 Å². The molecule has 0 saturated heterocycles. The van der Waals surface area contributed by atoms with Crippen LogP contribution in [0.25, 0.3) is 0 Å². The van der Waals surface area contributed by atoms with Crippen LogP contribution in [0.1, 0.15) is 44.9 Å². The Bertz CT molecular complexity index is 173. The van der Waals surface area contributed by atoms with E-state index in [2.05, 4.69) is 31.9 Å². The highest BCUT2D eigenvalue weighted by atomic mass is 79.9. The molecule has 15 heavy (non-hydrogen) atoms. The standard InChI is InChI=1S/C11H18Br2O2/c12-8-2-6-10(14)4-1-5-11(15)7-3-9-13/h1-9H2. The van der Waals surface area contributed by atoms with Gasteiger partial charge in [-0.1, -0.05) is 31.9 Å². The molecule has 0 aliphatic carbocycles. The Labute approximate surface area is 108 Å². The van der Waals surface area contributed by atoms with Crippen molar-refractivity contribution in [2.75, 3.05) is 10.7 Å². The summed E-state index contributed by atoms with van der Waals surface area (Å²) in [5, 5.41) is 1.76. The Morgan fingerprint density at radius 3 is 1.33 bits per heavy atom. The molecule has 0 amide bonds. The molecular weight excluding hydrogens is 324 g/mol. The maximum absolute atomic E-state index is 11.3. The van der Waals surface area contributed by atoms with Crippen LogP contribution >= 0.6 is 31.9 Å². The summed E-state index contributed by atoms with van der Waals surface area (Å²) in [4.78, 5) is 22.5. The number of carbonyl (C=O) groups is 2. The molecule has 0 atom stereocenters.